The molecule has 1 aliphatic rings. The van der Waals surface area contributed by atoms with Gasteiger partial charge in [-0.1, -0.05) is 42.5 Å². The number of carbonyl (C=O) groups is 1. The third-order valence-electron chi connectivity index (χ3n) is 5.32. The average Bonchev–Trinajstić information content (AvgIpc) is 2.77. The number of morpholine rings is 1. The number of nitrogens with zero attached hydrogens (tertiary/aromatic N) is 2. The topological polar surface area (TPSA) is 66.0 Å². The van der Waals surface area contributed by atoms with E-state index in [9.17, 15) is 4.79 Å². The molecule has 1 aliphatic heterocycles. The maximum absolute atomic E-state index is 12.8. The van der Waals surface area contributed by atoms with Crippen LogP contribution in [0.4, 0.5) is 0 Å². The molecule has 0 bridgehead atoms. The van der Waals surface area contributed by atoms with Gasteiger partial charge in [0, 0.05) is 25.2 Å². The molecular weight excluding hydrogens is 388 g/mol. The standard InChI is InChI=1S/C25H34N4O2/c1-5-26-25(28-20(4)22-9-7-6-8-10-22)27-15-21-11-13-23(14-12-21)24(30)29-16-18(2)31-19(3)17-29/h6-14,18-20H,5,15-17H2,1-4H3,(H2,26,27,28). The van der Waals surface area contributed by atoms with E-state index >= 15 is 0 Å². The third-order valence-corrected chi connectivity index (χ3v) is 5.32. The Morgan fingerprint density at radius 3 is 2.35 bits per heavy atom. The number of hydrogen-bond donors (Lipinski definition) is 2. The number of benzene rings is 2. The van der Waals surface area contributed by atoms with Gasteiger partial charge in [0.2, 0.25) is 0 Å². The number of amides is 1. The zero-order valence-electron chi connectivity index (χ0n) is 19.0. The number of nitrogens with one attached hydrogen (secondary N) is 2. The molecule has 31 heavy (non-hydrogen) atoms. The van der Waals surface area contributed by atoms with E-state index in [1.807, 2.05) is 61.2 Å². The lowest BCUT2D eigenvalue weighted by Crippen LogP contribution is -2.48. The molecule has 2 aromatic carbocycles. The van der Waals surface area contributed by atoms with Crippen molar-refractivity contribution in [1.82, 2.24) is 15.5 Å². The fraction of sp³-hybridized carbons (Fsp3) is 0.440. The molecule has 2 aromatic rings. The summed E-state index contributed by atoms with van der Waals surface area (Å²) in [5.41, 5.74) is 2.98. The first kappa shape index (κ1) is 22.8. The summed E-state index contributed by atoms with van der Waals surface area (Å²) in [6, 6.07) is 18.2. The van der Waals surface area contributed by atoms with E-state index < -0.39 is 0 Å². The fourth-order valence-corrected chi connectivity index (χ4v) is 3.80. The first-order valence-corrected chi connectivity index (χ1v) is 11.1. The monoisotopic (exact) mass is 422 g/mol. The summed E-state index contributed by atoms with van der Waals surface area (Å²) in [6.07, 6.45) is 0.133. The molecule has 0 radical (unpaired) electrons. The highest BCUT2D eigenvalue weighted by atomic mass is 16.5. The molecule has 2 N–H and O–H groups in total. The highest BCUT2D eigenvalue weighted by Gasteiger charge is 2.26. The molecule has 0 aliphatic carbocycles. The lowest BCUT2D eigenvalue weighted by atomic mass is 10.1. The number of aliphatic imine (C=N–C) groups is 1. The minimum Gasteiger partial charge on any atom is -0.372 e. The van der Waals surface area contributed by atoms with Crippen LogP contribution in [0.15, 0.2) is 59.6 Å². The predicted molar refractivity (Wildman–Crippen MR) is 125 cm³/mol. The van der Waals surface area contributed by atoms with Crippen molar-refractivity contribution in [2.75, 3.05) is 19.6 Å². The van der Waals surface area contributed by atoms with Crippen molar-refractivity contribution in [3.63, 3.8) is 0 Å². The highest BCUT2D eigenvalue weighted by molar-refractivity contribution is 5.94. The SMILES string of the molecule is CCNC(=NCc1ccc(C(=O)N2CC(C)OC(C)C2)cc1)NC(C)c1ccccc1. The van der Waals surface area contributed by atoms with Gasteiger partial charge in [0.25, 0.3) is 5.91 Å². The molecule has 3 unspecified atom stereocenters. The molecule has 0 saturated carbocycles. The second-order valence-corrected chi connectivity index (χ2v) is 8.14. The molecule has 1 saturated heterocycles. The average molecular weight is 423 g/mol. The Bertz CT molecular complexity index is 857. The minimum atomic E-state index is 0.0590. The zero-order chi connectivity index (χ0) is 22.2. The van der Waals surface area contributed by atoms with E-state index in [0.29, 0.717) is 25.2 Å². The van der Waals surface area contributed by atoms with E-state index in [1.165, 1.54) is 5.56 Å². The van der Waals surface area contributed by atoms with Gasteiger partial charge in [0.1, 0.15) is 0 Å². The molecule has 3 atom stereocenters. The Morgan fingerprint density at radius 2 is 1.74 bits per heavy atom. The van der Waals surface area contributed by atoms with E-state index in [0.717, 1.165) is 18.1 Å². The zero-order valence-corrected chi connectivity index (χ0v) is 19.0. The van der Waals surface area contributed by atoms with Crippen LogP contribution in [0.3, 0.4) is 0 Å². The van der Waals surface area contributed by atoms with Gasteiger partial charge >= 0.3 is 0 Å². The van der Waals surface area contributed by atoms with Crippen molar-refractivity contribution in [3.05, 3.63) is 71.3 Å². The van der Waals surface area contributed by atoms with E-state index in [1.54, 1.807) is 0 Å². The van der Waals surface area contributed by atoms with Crippen LogP contribution in [0.2, 0.25) is 0 Å². The highest BCUT2D eigenvalue weighted by Crippen LogP contribution is 2.15. The first-order chi connectivity index (χ1) is 15.0. The predicted octanol–water partition coefficient (Wildman–Crippen LogP) is 3.75. The van der Waals surface area contributed by atoms with E-state index in [-0.39, 0.29) is 24.2 Å². The molecular formula is C25H34N4O2. The van der Waals surface area contributed by atoms with Crippen LogP contribution < -0.4 is 10.6 Å². The fourth-order valence-electron chi connectivity index (χ4n) is 3.80. The summed E-state index contributed by atoms with van der Waals surface area (Å²) in [5.74, 6) is 0.832. The van der Waals surface area contributed by atoms with Crippen LogP contribution in [0.5, 0.6) is 0 Å². The lowest BCUT2D eigenvalue weighted by molar-refractivity contribution is -0.0586. The number of hydrogen-bond acceptors (Lipinski definition) is 3. The second kappa shape index (κ2) is 11.0. The Morgan fingerprint density at radius 1 is 1.10 bits per heavy atom. The number of rotatable bonds is 6. The Balaban J connectivity index is 1.61. The van der Waals surface area contributed by atoms with Gasteiger partial charge in [0.15, 0.2) is 5.96 Å². The summed E-state index contributed by atoms with van der Waals surface area (Å²) in [4.78, 5) is 19.4. The van der Waals surface area contributed by atoms with Crippen LogP contribution in [-0.2, 0) is 11.3 Å². The van der Waals surface area contributed by atoms with Gasteiger partial charge in [-0.2, -0.15) is 0 Å². The normalized spacial score (nSPS) is 20.3. The molecule has 1 amide bonds. The molecule has 3 rings (SSSR count). The maximum atomic E-state index is 12.8. The quantitative estimate of drug-likeness (QED) is 0.550. The van der Waals surface area contributed by atoms with Crippen molar-refractivity contribution in [1.29, 1.82) is 0 Å². The molecule has 6 nitrogen and oxygen atoms in total. The Hall–Kier alpha value is -2.86. The second-order valence-electron chi connectivity index (χ2n) is 8.14. The number of ether oxygens (including phenoxy) is 1. The van der Waals surface area contributed by atoms with Crippen molar-refractivity contribution in [3.8, 4) is 0 Å². The Labute approximate surface area is 185 Å². The summed E-state index contributed by atoms with van der Waals surface area (Å²) in [5, 5.41) is 6.75. The largest absolute Gasteiger partial charge is 0.372 e. The third kappa shape index (κ3) is 6.56. The molecule has 1 heterocycles. The van der Waals surface area contributed by atoms with Gasteiger partial charge in [-0.25, -0.2) is 4.99 Å². The van der Waals surface area contributed by atoms with E-state index in [2.05, 4.69) is 36.6 Å². The van der Waals surface area contributed by atoms with Crippen LogP contribution in [0.1, 0.15) is 55.2 Å². The minimum absolute atomic E-state index is 0.0590. The molecule has 6 heteroatoms. The van der Waals surface area contributed by atoms with Crippen LogP contribution in [0, 0.1) is 0 Å². The van der Waals surface area contributed by atoms with Crippen LogP contribution >= 0.6 is 0 Å². The summed E-state index contributed by atoms with van der Waals surface area (Å²) < 4.78 is 5.73. The van der Waals surface area contributed by atoms with Gasteiger partial charge < -0.3 is 20.3 Å². The number of guanidine groups is 1. The van der Waals surface area contributed by atoms with Crippen LogP contribution in [0.25, 0.3) is 0 Å². The maximum Gasteiger partial charge on any atom is 0.254 e. The van der Waals surface area contributed by atoms with Crippen molar-refractivity contribution < 1.29 is 9.53 Å². The molecule has 0 spiro atoms. The van der Waals surface area contributed by atoms with Crippen molar-refractivity contribution >= 4 is 11.9 Å². The van der Waals surface area contributed by atoms with Gasteiger partial charge in [-0.15, -0.1) is 0 Å². The molecule has 0 aromatic heterocycles. The molecule has 166 valence electrons. The van der Waals surface area contributed by atoms with Gasteiger partial charge in [-0.3, -0.25) is 4.79 Å². The van der Waals surface area contributed by atoms with E-state index in [4.69, 9.17) is 9.73 Å². The van der Waals surface area contributed by atoms with Crippen LogP contribution in [-0.4, -0.2) is 48.6 Å². The summed E-state index contributed by atoms with van der Waals surface area (Å²) in [7, 11) is 0. The first-order valence-electron chi connectivity index (χ1n) is 11.1. The van der Waals surface area contributed by atoms with Crippen molar-refractivity contribution in [2.45, 2.75) is 52.5 Å². The summed E-state index contributed by atoms with van der Waals surface area (Å²) in [6.45, 7) is 10.8. The van der Waals surface area contributed by atoms with Gasteiger partial charge in [-0.05, 0) is 51.0 Å². The Kier molecular flexibility index (Phi) is 8.06. The lowest BCUT2D eigenvalue weighted by Gasteiger charge is -2.35. The molecule has 1 fully saturated rings. The number of carbonyl (C=O) groups excluding carboxylic acids is 1. The van der Waals surface area contributed by atoms with Gasteiger partial charge in [0.05, 0.1) is 24.8 Å². The van der Waals surface area contributed by atoms with Crippen molar-refractivity contribution in [2.24, 2.45) is 4.99 Å². The smallest absolute Gasteiger partial charge is 0.254 e. The summed E-state index contributed by atoms with van der Waals surface area (Å²) >= 11 is 0.